The summed E-state index contributed by atoms with van der Waals surface area (Å²) in [4.78, 5) is 14.5. The third-order valence-corrected chi connectivity index (χ3v) is 4.16. The quantitative estimate of drug-likeness (QED) is 0.912. The molecule has 3 nitrogen and oxygen atoms in total. The van der Waals surface area contributed by atoms with Gasteiger partial charge in [0.15, 0.2) is 0 Å². The van der Waals surface area contributed by atoms with Crippen LogP contribution in [-0.2, 0) is 4.79 Å². The van der Waals surface area contributed by atoms with E-state index in [9.17, 15) is 4.79 Å². The molecule has 4 heteroatoms. The molecule has 2 unspecified atom stereocenters. The molecular weight excluding hydrogens is 284 g/mol. The first-order valence-corrected chi connectivity index (χ1v) is 8.01. The number of halogens is 1. The van der Waals surface area contributed by atoms with Crippen molar-refractivity contribution in [2.45, 2.75) is 52.7 Å². The molecule has 1 aromatic rings. The standard InChI is InChI=1S/C17H25ClN2O/c1-5-14-16(21)20(10-9-17(2,3)4)15(19-14)12-7-6-8-13(18)11-12/h6-8,11,14-15,19H,5,9-10H2,1-4H3. The zero-order chi connectivity index (χ0) is 15.6. The van der Waals surface area contributed by atoms with Crippen molar-refractivity contribution in [2.24, 2.45) is 5.41 Å². The van der Waals surface area contributed by atoms with E-state index in [4.69, 9.17) is 11.6 Å². The maximum absolute atomic E-state index is 12.6. The lowest BCUT2D eigenvalue weighted by molar-refractivity contribution is -0.130. The second kappa shape index (κ2) is 6.37. The first-order valence-electron chi connectivity index (χ1n) is 7.64. The molecule has 1 saturated heterocycles. The fraction of sp³-hybridized carbons (Fsp3) is 0.588. The SMILES string of the molecule is CCC1NC(c2cccc(Cl)c2)N(CCC(C)(C)C)C1=O. The maximum atomic E-state index is 12.6. The van der Waals surface area contributed by atoms with Crippen LogP contribution in [0.5, 0.6) is 0 Å². The summed E-state index contributed by atoms with van der Waals surface area (Å²) in [5.41, 5.74) is 1.27. The highest BCUT2D eigenvalue weighted by Crippen LogP contribution is 2.30. The molecule has 1 aliphatic rings. The van der Waals surface area contributed by atoms with Crippen LogP contribution >= 0.6 is 11.6 Å². The normalized spacial score (nSPS) is 22.9. The first kappa shape index (κ1) is 16.3. The van der Waals surface area contributed by atoms with Gasteiger partial charge in [-0.2, -0.15) is 0 Å². The summed E-state index contributed by atoms with van der Waals surface area (Å²) < 4.78 is 0. The molecule has 0 radical (unpaired) electrons. The van der Waals surface area contributed by atoms with Gasteiger partial charge in [-0.05, 0) is 36.0 Å². The van der Waals surface area contributed by atoms with Crippen LogP contribution in [0.2, 0.25) is 5.02 Å². The van der Waals surface area contributed by atoms with Gasteiger partial charge in [0.25, 0.3) is 0 Å². The predicted molar refractivity (Wildman–Crippen MR) is 87.2 cm³/mol. The zero-order valence-corrected chi connectivity index (χ0v) is 14.1. The van der Waals surface area contributed by atoms with Crippen LogP contribution < -0.4 is 5.32 Å². The summed E-state index contributed by atoms with van der Waals surface area (Å²) in [5, 5.41) is 4.14. The molecule has 1 aromatic carbocycles. The topological polar surface area (TPSA) is 32.3 Å². The Balaban J connectivity index is 2.22. The number of amides is 1. The smallest absolute Gasteiger partial charge is 0.241 e. The number of carbonyl (C=O) groups is 1. The molecule has 116 valence electrons. The minimum Gasteiger partial charge on any atom is -0.322 e. The van der Waals surface area contributed by atoms with Crippen molar-refractivity contribution in [2.75, 3.05) is 6.54 Å². The molecule has 0 bridgehead atoms. The fourth-order valence-electron chi connectivity index (χ4n) is 2.62. The summed E-state index contributed by atoms with van der Waals surface area (Å²) in [5.74, 6) is 0.201. The molecule has 0 aromatic heterocycles. The number of hydrogen-bond acceptors (Lipinski definition) is 2. The van der Waals surface area contributed by atoms with Gasteiger partial charge in [-0.15, -0.1) is 0 Å². The lowest BCUT2D eigenvalue weighted by atomic mass is 9.92. The third-order valence-electron chi connectivity index (χ3n) is 3.93. The number of hydrogen-bond donors (Lipinski definition) is 1. The minimum absolute atomic E-state index is 0.0662. The molecule has 2 rings (SSSR count). The number of benzene rings is 1. The Hall–Kier alpha value is -1.06. The number of nitrogens with zero attached hydrogens (tertiary/aromatic N) is 1. The number of nitrogens with one attached hydrogen (secondary N) is 1. The number of rotatable bonds is 4. The highest BCUT2D eigenvalue weighted by molar-refractivity contribution is 6.30. The molecule has 2 atom stereocenters. The summed E-state index contributed by atoms with van der Waals surface area (Å²) in [6, 6.07) is 7.67. The fourth-order valence-corrected chi connectivity index (χ4v) is 2.82. The number of carbonyl (C=O) groups excluding carboxylic acids is 1. The Morgan fingerprint density at radius 1 is 1.33 bits per heavy atom. The van der Waals surface area contributed by atoms with Gasteiger partial charge in [0.2, 0.25) is 5.91 Å². The Morgan fingerprint density at radius 2 is 2.05 bits per heavy atom. The van der Waals surface area contributed by atoms with Gasteiger partial charge >= 0.3 is 0 Å². The maximum Gasteiger partial charge on any atom is 0.241 e. The first-order chi connectivity index (χ1) is 9.81. The minimum atomic E-state index is -0.0889. The van der Waals surface area contributed by atoms with Crippen LogP contribution in [-0.4, -0.2) is 23.4 Å². The summed E-state index contributed by atoms with van der Waals surface area (Å²) in [7, 11) is 0. The van der Waals surface area contributed by atoms with Gasteiger partial charge in [0.05, 0.1) is 6.04 Å². The van der Waals surface area contributed by atoms with Gasteiger partial charge in [0.1, 0.15) is 6.17 Å². The lowest BCUT2D eigenvalue weighted by Crippen LogP contribution is -2.33. The monoisotopic (exact) mass is 308 g/mol. The van der Waals surface area contributed by atoms with Crippen molar-refractivity contribution >= 4 is 17.5 Å². The van der Waals surface area contributed by atoms with E-state index >= 15 is 0 Å². The Labute approximate surface area is 132 Å². The van der Waals surface area contributed by atoms with Gasteiger partial charge in [0, 0.05) is 11.6 Å². The van der Waals surface area contributed by atoms with E-state index < -0.39 is 0 Å². The molecular formula is C17H25ClN2O. The molecule has 0 aliphatic carbocycles. The van der Waals surface area contributed by atoms with Gasteiger partial charge in [-0.25, -0.2) is 0 Å². The molecule has 1 amide bonds. The van der Waals surface area contributed by atoms with E-state index in [0.29, 0.717) is 5.02 Å². The van der Waals surface area contributed by atoms with Gasteiger partial charge in [-0.3, -0.25) is 10.1 Å². The van der Waals surface area contributed by atoms with Crippen molar-refractivity contribution in [1.82, 2.24) is 10.2 Å². The van der Waals surface area contributed by atoms with Crippen molar-refractivity contribution < 1.29 is 4.79 Å². The molecule has 1 heterocycles. The molecule has 1 fully saturated rings. The van der Waals surface area contributed by atoms with Crippen molar-refractivity contribution in [1.29, 1.82) is 0 Å². The largest absolute Gasteiger partial charge is 0.322 e. The van der Waals surface area contributed by atoms with E-state index in [0.717, 1.165) is 24.9 Å². The van der Waals surface area contributed by atoms with Crippen LogP contribution in [0.15, 0.2) is 24.3 Å². The van der Waals surface area contributed by atoms with Crippen LogP contribution in [0.4, 0.5) is 0 Å². The van der Waals surface area contributed by atoms with Crippen molar-refractivity contribution in [3.8, 4) is 0 Å². The molecule has 0 saturated carbocycles. The lowest BCUT2D eigenvalue weighted by Gasteiger charge is -2.28. The second-order valence-corrected chi connectivity index (χ2v) is 7.36. The Kier molecular flexibility index (Phi) is 4.95. The zero-order valence-electron chi connectivity index (χ0n) is 13.3. The van der Waals surface area contributed by atoms with Crippen LogP contribution in [0, 0.1) is 5.41 Å². The highest BCUT2D eigenvalue weighted by atomic mass is 35.5. The summed E-state index contributed by atoms with van der Waals surface area (Å²) in [6.07, 6.45) is 1.72. The van der Waals surface area contributed by atoms with E-state index in [-0.39, 0.29) is 23.5 Å². The van der Waals surface area contributed by atoms with Crippen molar-refractivity contribution in [3.63, 3.8) is 0 Å². The van der Waals surface area contributed by atoms with E-state index in [1.54, 1.807) is 0 Å². The summed E-state index contributed by atoms with van der Waals surface area (Å²) in [6.45, 7) is 9.41. The molecule has 1 aliphatic heterocycles. The summed E-state index contributed by atoms with van der Waals surface area (Å²) >= 11 is 6.10. The molecule has 21 heavy (non-hydrogen) atoms. The average molecular weight is 309 g/mol. The second-order valence-electron chi connectivity index (χ2n) is 6.93. The van der Waals surface area contributed by atoms with Crippen LogP contribution in [0.25, 0.3) is 0 Å². The van der Waals surface area contributed by atoms with E-state index in [2.05, 4.69) is 26.1 Å². The van der Waals surface area contributed by atoms with Crippen molar-refractivity contribution in [3.05, 3.63) is 34.9 Å². The predicted octanol–water partition coefficient (Wildman–Crippen LogP) is 3.99. The Morgan fingerprint density at radius 3 is 2.62 bits per heavy atom. The van der Waals surface area contributed by atoms with Crippen LogP contribution in [0.1, 0.15) is 52.3 Å². The average Bonchev–Trinajstić information content (AvgIpc) is 2.72. The van der Waals surface area contributed by atoms with Gasteiger partial charge < -0.3 is 4.90 Å². The molecule has 1 N–H and O–H groups in total. The molecule has 0 spiro atoms. The third kappa shape index (κ3) is 3.98. The van der Waals surface area contributed by atoms with E-state index in [1.165, 1.54) is 0 Å². The highest BCUT2D eigenvalue weighted by Gasteiger charge is 2.38. The Bertz CT molecular complexity index is 510. The van der Waals surface area contributed by atoms with Crippen LogP contribution in [0.3, 0.4) is 0 Å². The van der Waals surface area contributed by atoms with Gasteiger partial charge in [-0.1, -0.05) is 51.4 Å². The van der Waals surface area contributed by atoms with E-state index in [1.807, 2.05) is 36.1 Å².